The zero-order valence-electron chi connectivity index (χ0n) is 21.4. The molecule has 0 atom stereocenters. The summed E-state index contributed by atoms with van der Waals surface area (Å²) < 4.78 is 2.14. The number of carbonyl (C=O) groups excluding carboxylic acids is 1. The molecule has 0 spiro atoms. The van der Waals surface area contributed by atoms with Gasteiger partial charge < -0.3 is 14.4 Å². The van der Waals surface area contributed by atoms with E-state index in [0.717, 1.165) is 50.0 Å². The predicted octanol–water partition coefficient (Wildman–Crippen LogP) is 6.20. The van der Waals surface area contributed by atoms with Crippen LogP contribution in [0.5, 0.6) is 0 Å². The lowest BCUT2D eigenvalue weighted by Gasteiger charge is -2.36. The second kappa shape index (κ2) is 9.72. The molecular formula is C33H27N5O. The molecule has 7 rings (SSSR count). The van der Waals surface area contributed by atoms with Crippen LogP contribution in [0.3, 0.4) is 0 Å². The van der Waals surface area contributed by atoms with Gasteiger partial charge in [-0.05, 0) is 34.5 Å². The van der Waals surface area contributed by atoms with Gasteiger partial charge in [0.05, 0.1) is 5.39 Å². The van der Waals surface area contributed by atoms with Gasteiger partial charge in [0, 0.05) is 49.2 Å². The zero-order valence-corrected chi connectivity index (χ0v) is 21.4. The van der Waals surface area contributed by atoms with Crippen LogP contribution in [0, 0.1) is 0 Å². The van der Waals surface area contributed by atoms with Crippen molar-refractivity contribution in [2.45, 2.75) is 0 Å². The average Bonchev–Trinajstić information content (AvgIpc) is 3.41. The molecule has 6 nitrogen and oxygen atoms in total. The molecule has 6 heteroatoms. The maximum absolute atomic E-state index is 13.5. The van der Waals surface area contributed by atoms with Crippen molar-refractivity contribution >= 4 is 33.5 Å². The molecule has 1 amide bonds. The molecule has 0 radical (unpaired) electrons. The third kappa shape index (κ3) is 4.10. The van der Waals surface area contributed by atoms with Gasteiger partial charge in [-0.2, -0.15) is 0 Å². The monoisotopic (exact) mass is 509 g/mol. The Hall–Kier alpha value is -4.97. The van der Waals surface area contributed by atoms with Gasteiger partial charge in [0.1, 0.15) is 12.1 Å². The Balaban J connectivity index is 1.24. The fourth-order valence-corrected chi connectivity index (χ4v) is 5.61. The fraction of sp³-hybridized carbons (Fsp3) is 0.121. The van der Waals surface area contributed by atoms with E-state index in [-0.39, 0.29) is 5.91 Å². The number of amides is 1. The van der Waals surface area contributed by atoms with Gasteiger partial charge in [-0.15, -0.1) is 0 Å². The van der Waals surface area contributed by atoms with Crippen LogP contribution in [0.15, 0.2) is 116 Å². The van der Waals surface area contributed by atoms with Crippen molar-refractivity contribution < 1.29 is 4.79 Å². The predicted molar refractivity (Wildman–Crippen MR) is 156 cm³/mol. The van der Waals surface area contributed by atoms with Crippen LogP contribution in [-0.2, 0) is 0 Å². The third-order valence-electron chi connectivity index (χ3n) is 7.57. The summed E-state index contributed by atoms with van der Waals surface area (Å²) in [7, 11) is 0. The molecule has 39 heavy (non-hydrogen) atoms. The average molecular weight is 510 g/mol. The minimum absolute atomic E-state index is 0.0829. The Morgan fingerprint density at radius 1 is 0.692 bits per heavy atom. The van der Waals surface area contributed by atoms with Crippen molar-refractivity contribution in [3.05, 3.63) is 121 Å². The number of aromatic nitrogens is 3. The number of benzene rings is 4. The van der Waals surface area contributed by atoms with Gasteiger partial charge in [0.15, 0.2) is 5.65 Å². The summed E-state index contributed by atoms with van der Waals surface area (Å²) in [5, 5.41) is 3.11. The number of rotatable bonds is 4. The van der Waals surface area contributed by atoms with Gasteiger partial charge in [-0.3, -0.25) is 4.79 Å². The largest absolute Gasteiger partial charge is 0.352 e. The Labute approximate surface area is 226 Å². The molecule has 1 aliphatic rings. The number of anilines is 1. The molecule has 4 aromatic carbocycles. The molecule has 0 aliphatic carbocycles. The molecule has 0 N–H and O–H groups in total. The summed E-state index contributed by atoms with van der Waals surface area (Å²) in [6, 6.07) is 34.7. The number of hydrogen-bond acceptors (Lipinski definition) is 4. The van der Waals surface area contributed by atoms with Crippen molar-refractivity contribution in [1.29, 1.82) is 0 Å². The van der Waals surface area contributed by atoms with Gasteiger partial charge in [0.2, 0.25) is 0 Å². The lowest BCUT2D eigenvalue weighted by molar-refractivity contribution is 0.0748. The highest BCUT2D eigenvalue weighted by Crippen LogP contribution is 2.37. The summed E-state index contributed by atoms with van der Waals surface area (Å²) in [5.74, 6) is 0.991. The highest BCUT2D eigenvalue weighted by atomic mass is 16.2. The minimum Gasteiger partial charge on any atom is -0.352 e. The van der Waals surface area contributed by atoms with Crippen LogP contribution in [0.2, 0.25) is 0 Å². The van der Waals surface area contributed by atoms with Crippen LogP contribution in [0.1, 0.15) is 10.4 Å². The first kappa shape index (κ1) is 23.2. The van der Waals surface area contributed by atoms with Crippen LogP contribution >= 0.6 is 0 Å². The summed E-state index contributed by atoms with van der Waals surface area (Å²) >= 11 is 0. The molecule has 190 valence electrons. The first-order valence-electron chi connectivity index (χ1n) is 13.3. The number of fused-ring (bicyclic) bond motifs is 2. The zero-order chi connectivity index (χ0) is 26.2. The molecule has 1 aliphatic heterocycles. The normalized spacial score (nSPS) is 13.7. The van der Waals surface area contributed by atoms with Crippen molar-refractivity contribution in [2.24, 2.45) is 0 Å². The quantitative estimate of drug-likeness (QED) is 0.284. The maximum Gasteiger partial charge on any atom is 0.254 e. The van der Waals surface area contributed by atoms with Gasteiger partial charge in [-0.25, -0.2) is 9.97 Å². The molecule has 3 heterocycles. The van der Waals surface area contributed by atoms with E-state index < -0.39 is 0 Å². The molecule has 6 aromatic rings. The van der Waals surface area contributed by atoms with Crippen LogP contribution in [0.4, 0.5) is 5.82 Å². The van der Waals surface area contributed by atoms with Crippen molar-refractivity contribution in [3.63, 3.8) is 0 Å². The number of nitrogens with zero attached hydrogens (tertiary/aromatic N) is 5. The van der Waals surface area contributed by atoms with E-state index in [4.69, 9.17) is 9.97 Å². The second-order valence-electron chi connectivity index (χ2n) is 9.82. The number of carbonyl (C=O) groups is 1. The Bertz CT molecular complexity index is 1780. The Morgan fingerprint density at radius 2 is 1.38 bits per heavy atom. The van der Waals surface area contributed by atoms with E-state index in [9.17, 15) is 4.79 Å². The second-order valence-corrected chi connectivity index (χ2v) is 9.82. The third-order valence-corrected chi connectivity index (χ3v) is 7.57. The first-order chi connectivity index (χ1) is 19.3. The topological polar surface area (TPSA) is 54.3 Å². The van der Waals surface area contributed by atoms with Crippen molar-refractivity contribution in [2.75, 3.05) is 31.1 Å². The van der Waals surface area contributed by atoms with Crippen LogP contribution in [0.25, 0.3) is 38.6 Å². The van der Waals surface area contributed by atoms with E-state index in [1.807, 2.05) is 59.5 Å². The van der Waals surface area contributed by atoms with Crippen molar-refractivity contribution in [3.8, 4) is 16.8 Å². The first-order valence-corrected chi connectivity index (χ1v) is 13.3. The van der Waals surface area contributed by atoms with Crippen molar-refractivity contribution in [1.82, 2.24) is 19.4 Å². The molecule has 0 unspecified atom stereocenters. The highest BCUT2D eigenvalue weighted by Gasteiger charge is 2.27. The molecule has 0 bridgehead atoms. The minimum atomic E-state index is 0.0829. The molecule has 2 aromatic heterocycles. The smallest absolute Gasteiger partial charge is 0.254 e. The van der Waals surface area contributed by atoms with Gasteiger partial charge in [0.25, 0.3) is 5.91 Å². The van der Waals surface area contributed by atoms with E-state index in [0.29, 0.717) is 26.2 Å². The SMILES string of the molecule is O=C(c1cccc2ccccc12)N1CCN(c2ncnc3c2c(-c2ccccc2)cn3-c2ccccc2)CC1. The van der Waals surface area contributed by atoms with E-state index in [1.54, 1.807) is 6.33 Å². The lowest BCUT2D eigenvalue weighted by atomic mass is 10.0. The number of hydrogen-bond donors (Lipinski definition) is 0. The summed E-state index contributed by atoms with van der Waals surface area (Å²) in [6.45, 7) is 2.67. The van der Waals surface area contributed by atoms with Crippen LogP contribution < -0.4 is 4.90 Å². The summed E-state index contributed by atoms with van der Waals surface area (Å²) in [6.07, 6.45) is 3.81. The van der Waals surface area contributed by atoms with Crippen LogP contribution in [-0.4, -0.2) is 51.5 Å². The highest BCUT2D eigenvalue weighted by molar-refractivity contribution is 6.07. The molecular weight excluding hydrogens is 482 g/mol. The number of para-hydroxylation sites is 1. The fourth-order valence-electron chi connectivity index (χ4n) is 5.61. The van der Waals surface area contributed by atoms with Gasteiger partial charge in [-0.1, -0.05) is 84.9 Å². The molecule has 0 saturated carbocycles. The maximum atomic E-state index is 13.5. The Kier molecular flexibility index (Phi) is 5.78. The number of piperazine rings is 1. The Morgan fingerprint density at radius 3 is 2.18 bits per heavy atom. The van der Waals surface area contributed by atoms with E-state index in [2.05, 4.69) is 64.2 Å². The lowest BCUT2D eigenvalue weighted by Crippen LogP contribution is -2.49. The van der Waals surface area contributed by atoms with E-state index >= 15 is 0 Å². The molecule has 1 fully saturated rings. The standard InChI is InChI=1S/C33H27N5O/c39-33(28-17-9-13-24-12-7-8-16-27(24)28)37-20-18-36(19-21-37)31-30-29(25-10-3-1-4-11-25)22-38(32(30)35-23-34-31)26-14-5-2-6-15-26/h1-17,22-23H,18-21H2. The summed E-state index contributed by atoms with van der Waals surface area (Å²) in [4.78, 5) is 27.3. The van der Waals surface area contributed by atoms with Gasteiger partial charge >= 0.3 is 0 Å². The summed E-state index contributed by atoms with van der Waals surface area (Å²) in [5.41, 5.74) is 4.91. The molecule has 1 saturated heterocycles. The van der Waals surface area contributed by atoms with E-state index in [1.165, 1.54) is 0 Å².